The summed E-state index contributed by atoms with van der Waals surface area (Å²) in [6.45, 7) is 2.09. The summed E-state index contributed by atoms with van der Waals surface area (Å²) in [7, 11) is 1.43. The Hall–Kier alpha value is -1.07. The summed E-state index contributed by atoms with van der Waals surface area (Å²) in [4.78, 5) is 16.1. The third-order valence-electron chi connectivity index (χ3n) is 1.32. The molecule has 0 spiro atoms. The Kier molecular flexibility index (Phi) is 3.72. The van der Waals surface area contributed by atoms with E-state index < -0.39 is 6.09 Å². The largest absolute Gasteiger partial charge is 0.448 e. The highest BCUT2D eigenvalue weighted by molar-refractivity contribution is 7.14. The van der Waals surface area contributed by atoms with Crippen LogP contribution in [-0.4, -0.2) is 19.8 Å². The van der Waals surface area contributed by atoms with Gasteiger partial charge in [0.25, 0.3) is 0 Å². The van der Waals surface area contributed by atoms with Gasteiger partial charge in [-0.05, 0) is 24.4 Å². The fourth-order valence-corrected chi connectivity index (χ4v) is 1.52. The van der Waals surface area contributed by atoms with Gasteiger partial charge in [0.1, 0.15) is 5.00 Å². The molecule has 4 nitrogen and oxygen atoms in total. The molecule has 0 N–H and O–H groups in total. The molecule has 0 fully saturated rings. The van der Waals surface area contributed by atoms with Gasteiger partial charge in [-0.3, -0.25) is 4.84 Å². The minimum Gasteiger partial charge on any atom is -0.448 e. The molecule has 0 atom stereocenters. The number of hydrogen-bond donors (Lipinski definition) is 0. The van der Waals surface area contributed by atoms with Gasteiger partial charge in [0.2, 0.25) is 0 Å². The van der Waals surface area contributed by atoms with E-state index >= 15 is 0 Å². The molecule has 0 aromatic carbocycles. The summed E-state index contributed by atoms with van der Waals surface area (Å²) in [5.74, 6) is 0. The summed E-state index contributed by atoms with van der Waals surface area (Å²) in [5.41, 5.74) is 0. The zero-order chi connectivity index (χ0) is 9.68. The van der Waals surface area contributed by atoms with Gasteiger partial charge in [0, 0.05) is 0 Å². The summed E-state index contributed by atoms with van der Waals surface area (Å²) in [6, 6.07) is 3.62. The van der Waals surface area contributed by atoms with E-state index in [1.165, 1.54) is 18.4 Å². The van der Waals surface area contributed by atoms with Gasteiger partial charge in [0.05, 0.1) is 13.7 Å². The summed E-state index contributed by atoms with van der Waals surface area (Å²) in [5, 5.41) is 3.69. The summed E-state index contributed by atoms with van der Waals surface area (Å²) in [6.07, 6.45) is -0.493. The second kappa shape index (κ2) is 4.84. The number of amides is 1. The van der Waals surface area contributed by atoms with Gasteiger partial charge < -0.3 is 4.74 Å². The van der Waals surface area contributed by atoms with Crippen molar-refractivity contribution in [2.24, 2.45) is 0 Å². The lowest BCUT2D eigenvalue weighted by Crippen LogP contribution is -2.29. The average molecular weight is 201 g/mol. The van der Waals surface area contributed by atoms with Crippen LogP contribution in [0.3, 0.4) is 0 Å². The molecule has 0 aliphatic heterocycles. The Balaban J connectivity index is 2.68. The van der Waals surface area contributed by atoms with E-state index in [1.54, 1.807) is 13.0 Å². The van der Waals surface area contributed by atoms with E-state index in [4.69, 9.17) is 9.57 Å². The number of carbonyl (C=O) groups excluding carboxylic acids is 1. The molecular weight excluding hydrogens is 190 g/mol. The molecule has 0 saturated carbocycles. The Morgan fingerprint density at radius 3 is 2.92 bits per heavy atom. The van der Waals surface area contributed by atoms with Gasteiger partial charge in [-0.2, -0.15) is 0 Å². The van der Waals surface area contributed by atoms with Gasteiger partial charge in [0.15, 0.2) is 0 Å². The third kappa shape index (κ3) is 2.43. The van der Waals surface area contributed by atoms with Crippen LogP contribution in [0.4, 0.5) is 9.80 Å². The second-order valence-corrected chi connectivity index (χ2v) is 3.05. The van der Waals surface area contributed by atoms with Crippen LogP contribution in [0.15, 0.2) is 17.5 Å². The highest BCUT2D eigenvalue weighted by Gasteiger charge is 2.16. The number of rotatable bonds is 3. The molecule has 0 unspecified atom stereocenters. The molecule has 1 aromatic rings. The number of hydrogen-bond acceptors (Lipinski definition) is 4. The van der Waals surface area contributed by atoms with Crippen LogP contribution < -0.4 is 5.06 Å². The van der Waals surface area contributed by atoms with Crippen LogP contribution in [0.25, 0.3) is 0 Å². The molecular formula is C8H11NO3S. The lowest BCUT2D eigenvalue weighted by atomic mass is 10.6. The van der Waals surface area contributed by atoms with E-state index in [1.807, 2.05) is 11.4 Å². The molecule has 1 aromatic heterocycles. The first kappa shape index (κ1) is 10.0. The van der Waals surface area contributed by atoms with Crippen LogP contribution in [0.5, 0.6) is 0 Å². The highest BCUT2D eigenvalue weighted by atomic mass is 32.1. The average Bonchev–Trinajstić information content (AvgIpc) is 2.59. The summed E-state index contributed by atoms with van der Waals surface area (Å²) < 4.78 is 4.79. The summed E-state index contributed by atoms with van der Waals surface area (Å²) >= 11 is 1.41. The van der Waals surface area contributed by atoms with Crippen molar-refractivity contribution in [2.75, 3.05) is 18.8 Å². The van der Waals surface area contributed by atoms with E-state index in [9.17, 15) is 4.79 Å². The van der Waals surface area contributed by atoms with Crippen molar-refractivity contribution in [1.82, 2.24) is 0 Å². The molecule has 1 heterocycles. The fraction of sp³-hybridized carbons (Fsp3) is 0.375. The number of hydroxylamine groups is 1. The zero-order valence-corrected chi connectivity index (χ0v) is 8.34. The highest BCUT2D eigenvalue weighted by Crippen LogP contribution is 2.21. The Labute approximate surface area is 80.6 Å². The number of anilines is 1. The first-order chi connectivity index (χ1) is 6.29. The van der Waals surface area contributed by atoms with Crippen LogP contribution in [0.1, 0.15) is 6.92 Å². The van der Waals surface area contributed by atoms with Crippen molar-refractivity contribution in [2.45, 2.75) is 6.92 Å². The maximum atomic E-state index is 11.3. The lowest BCUT2D eigenvalue weighted by Gasteiger charge is -2.16. The van der Waals surface area contributed by atoms with Gasteiger partial charge in [-0.1, -0.05) is 0 Å². The Morgan fingerprint density at radius 2 is 2.46 bits per heavy atom. The van der Waals surface area contributed by atoms with Crippen LogP contribution in [-0.2, 0) is 9.57 Å². The number of ether oxygens (including phenoxy) is 1. The smallest absolute Gasteiger partial charge is 0.439 e. The molecule has 0 saturated heterocycles. The minimum atomic E-state index is -0.493. The topological polar surface area (TPSA) is 38.8 Å². The predicted molar refractivity (Wildman–Crippen MR) is 50.8 cm³/mol. The number of thiophene rings is 1. The SMILES string of the molecule is CCOC(=O)N(OC)c1cccs1. The van der Waals surface area contributed by atoms with Crippen LogP contribution in [0, 0.1) is 0 Å². The number of nitrogens with zero attached hydrogens (tertiary/aromatic N) is 1. The maximum Gasteiger partial charge on any atom is 0.439 e. The zero-order valence-electron chi connectivity index (χ0n) is 7.52. The van der Waals surface area contributed by atoms with Crippen molar-refractivity contribution in [3.8, 4) is 0 Å². The van der Waals surface area contributed by atoms with Gasteiger partial charge >= 0.3 is 6.09 Å². The van der Waals surface area contributed by atoms with E-state index in [-0.39, 0.29) is 0 Å². The lowest BCUT2D eigenvalue weighted by molar-refractivity contribution is 0.104. The molecule has 72 valence electrons. The van der Waals surface area contributed by atoms with Crippen LogP contribution in [0.2, 0.25) is 0 Å². The third-order valence-corrected chi connectivity index (χ3v) is 2.16. The molecule has 1 rings (SSSR count). The standard InChI is InChI=1S/C8H11NO3S/c1-3-12-8(10)9(11-2)7-5-4-6-13-7/h4-6H,3H2,1-2H3. The maximum absolute atomic E-state index is 11.3. The van der Waals surface area contributed by atoms with Crippen molar-refractivity contribution in [3.05, 3.63) is 17.5 Å². The second-order valence-electron chi connectivity index (χ2n) is 2.13. The van der Waals surface area contributed by atoms with Crippen molar-refractivity contribution in [1.29, 1.82) is 0 Å². The molecule has 1 amide bonds. The van der Waals surface area contributed by atoms with Crippen molar-refractivity contribution in [3.63, 3.8) is 0 Å². The molecule has 0 bridgehead atoms. The fourth-order valence-electron chi connectivity index (χ4n) is 0.822. The van der Waals surface area contributed by atoms with E-state index in [0.717, 1.165) is 5.06 Å². The molecule has 0 aliphatic carbocycles. The quantitative estimate of drug-likeness (QED) is 0.704. The Morgan fingerprint density at radius 1 is 1.69 bits per heavy atom. The van der Waals surface area contributed by atoms with Crippen molar-refractivity contribution < 1.29 is 14.4 Å². The molecule has 13 heavy (non-hydrogen) atoms. The van der Waals surface area contributed by atoms with Crippen LogP contribution >= 0.6 is 11.3 Å². The van der Waals surface area contributed by atoms with Gasteiger partial charge in [-0.25, -0.2) is 4.79 Å². The Bertz CT molecular complexity index is 260. The first-order valence-corrected chi connectivity index (χ1v) is 4.72. The molecule has 0 aliphatic rings. The first-order valence-electron chi connectivity index (χ1n) is 3.84. The molecule has 5 heteroatoms. The molecule has 0 radical (unpaired) electrons. The van der Waals surface area contributed by atoms with Gasteiger partial charge in [-0.15, -0.1) is 16.4 Å². The number of carbonyl (C=O) groups is 1. The monoisotopic (exact) mass is 201 g/mol. The van der Waals surface area contributed by atoms with E-state index in [0.29, 0.717) is 11.6 Å². The minimum absolute atomic E-state index is 0.337. The van der Waals surface area contributed by atoms with Crippen molar-refractivity contribution >= 4 is 22.4 Å². The normalized spacial score (nSPS) is 9.69. The predicted octanol–water partition coefficient (Wildman–Crippen LogP) is 2.27. The van der Waals surface area contributed by atoms with E-state index in [2.05, 4.69) is 0 Å².